The number of aliphatic hydroxyl groups is 1. The number of hydrogen-bond donors (Lipinski definition) is 2. The molecule has 2 N–H and O–H groups in total. The largest absolute Gasteiger partial charge is 0.396 e. The maximum atomic E-state index is 11.8. The lowest BCUT2D eigenvalue weighted by molar-refractivity contribution is 0.0937. The van der Waals surface area contributed by atoms with Gasteiger partial charge in [0.2, 0.25) is 0 Å². The highest BCUT2D eigenvalue weighted by Gasteiger charge is 2.27. The number of nitrogens with one attached hydrogen (secondary N) is 1. The van der Waals surface area contributed by atoms with Gasteiger partial charge in [0.15, 0.2) is 0 Å². The fourth-order valence-electron chi connectivity index (χ4n) is 1.46. The molecule has 0 saturated heterocycles. The molecule has 1 heterocycles. The third-order valence-corrected chi connectivity index (χ3v) is 2.77. The van der Waals surface area contributed by atoms with Crippen LogP contribution in [0.5, 0.6) is 0 Å². The minimum absolute atomic E-state index is 0.0590. The van der Waals surface area contributed by atoms with Crippen LogP contribution in [-0.4, -0.2) is 34.1 Å². The molecule has 1 unspecified atom stereocenters. The minimum Gasteiger partial charge on any atom is -0.396 e. The second-order valence-electron chi connectivity index (χ2n) is 4.57. The molecule has 1 saturated carbocycles. The summed E-state index contributed by atoms with van der Waals surface area (Å²) in [7, 11) is 0. The van der Waals surface area contributed by atoms with Crippen LogP contribution in [0, 0.1) is 5.92 Å². The van der Waals surface area contributed by atoms with Crippen LogP contribution in [0.3, 0.4) is 0 Å². The van der Waals surface area contributed by atoms with Crippen molar-refractivity contribution in [3.8, 4) is 0 Å². The molecule has 2 rings (SSSR count). The summed E-state index contributed by atoms with van der Waals surface area (Å²) in [5.74, 6) is 1.07. The van der Waals surface area contributed by atoms with Crippen molar-refractivity contribution in [3.05, 3.63) is 23.8 Å². The zero-order valence-electron chi connectivity index (χ0n) is 9.89. The molecule has 1 aromatic heterocycles. The van der Waals surface area contributed by atoms with Crippen LogP contribution < -0.4 is 5.32 Å². The van der Waals surface area contributed by atoms with E-state index in [1.807, 2.05) is 6.92 Å². The van der Waals surface area contributed by atoms with Gasteiger partial charge in [0.05, 0.1) is 0 Å². The SMILES string of the molecule is CC(CO)CNC(=O)c1ccnc(C2CC2)n1. The van der Waals surface area contributed by atoms with Crippen LogP contribution in [-0.2, 0) is 0 Å². The van der Waals surface area contributed by atoms with E-state index in [9.17, 15) is 4.79 Å². The van der Waals surface area contributed by atoms with Crippen LogP contribution in [0.2, 0.25) is 0 Å². The molecule has 1 aromatic rings. The third kappa shape index (κ3) is 3.23. The molecule has 92 valence electrons. The van der Waals surface area contributed by atoms with E-state index in [2.05, 4.69) is 15.3 Å². The first-order chi connectivity index (χ1) is 8.20. The van der Waals surface area contributed by atoms with E-state index in [0.29, 0.717) is 18.2 Å². The Morgan fingerprint density at radius 2 is 2.41 bits per heavy atom. The number of aromatic nitrogens is 2. The van der Waals surface area contributed by atoms with Crippen LogP contribution >= 0.6 is 0 Å². The predicted octanol–water partition coefficient (Wildman–Crippen LogP) is 0.712. The average Bonchev–Trinajstić information content (AvgIpc) is 3.20. The van der Waals surface area contributed by atoms with Gasteiger partial charge in [0.1, 0.15) is 11.5 Å². The highest BCUT2D eigenvalue weighted by molar-refractivity contribution is 5.92. The van der Waals surface area contributed by atoms with Gasteiger partial charge in [0, 0.05) is 25.3 Å². The Morgan fingerprint density at radius 1 is 1.65 bits per heavy atom. The van der Waals surface area contributed by atoms with Crippen LogP contribution in [0.25, 0.3) is 0 Å². The van der Waals surface area contributed by atoms with Crippen molar-refractivity contribution >= 4 is 5.91 Å². The maximum absolute atomic E-state index is 11.8. The van der Waals surface area contributed by atoms with Gasteiger partial charge in [-0.1, -0.05) is 6.92 Å². The Morgan fingerprint density at radius 3 is 3.06 bits per heavy atom. The molecule has 17 heavy (non-hydrogen) atoms. The van der Waals surface area contributed by atoms with Crippen molar-refractivity contribution < 1.29 is 9.90 Å². The van der Waals surface area contributed by atoms with Crippen molar-refractivity contribution in [2.45, 2.75) is 25.7 Å². The monoisotopic (exact) mass is 235 g/mol. The van der Waals surface area contributed by atoms with Crippen molar-refractivity contribution in [1.82, 2.24) is 15.3 Å². The molecule has 1 aliphatic rings. The van der Waals surface area contributed by atoms with E-state index < -0.39 is 0 Å². The Kier molecular flexibility index (Phi) is 3.68. The fourth-order valence-corrected chi connectivity index (χ4v) is 1.46. The van der Waals surface area contributed by atoms with Gasteiger partial charge in [-0.3, -0.25) is 4.79 Å². The van der Waals surface area contributed by atoms with Gasteiger partial charge in [-0.15, -0.1) is 0 Å². The molecular weight excluding hydrogens is 218 g/mol. The molecule has 1 aliphatic carbocycles. The summed E-state index contributed by atoms with van der Waals surface area (Å²) in [6.07, 6.45) is 3.87. The molecule has 1 fully saturated rings. The van der Waals surface area contributed by atoms with E-state index in [4.69, 9.17) is 5.11 Å². The summed E-state index contributed by atoms with van der Waals surface area (Å²) in [6, 6.07) is 1.62. The summed E-state index contributed by atoms with van der Waals surface area (Å²) in [5, 5.41) is 11.6. The normalized spacial score (nSPS) is 16.6. The first kappa shape index (κ1) is 12.0. The first-order valence-corrected chi connectivity index (χ1v) is 5.92. The predicted molar refractivity (Wildman–Crippen MR) is 62.6 cm³/mol. The quantitative estimate of drug-likeness (QED) is 0.788. The highest BCUT2D eigenvalue weighted by Crippen LogP contribution is 2.37. The van der Waals surface area contributed by atoms with Crippen molar-refractivity contribution in [3.63, 3.8) is 0 Å². The molecule has 0 aliphatic heterocycles. The van der Waals surface area contributed by atoms with Gasteiger partial charge < -0.3 is 10.4 Å². The topological polar surface area (TPSA) is 75.1 Å². The Labute approximate surface area is 100 Å². The third-order valence-electron chi connectivity index (χ3n) is 2.77. The number of nitrogens with zero attached hydrogens (tertiary/aromatic N) is 2. The number of carbonyl (C=O) groups is 1. The number of amides is 1. The molecule has 1 amide bonds. The van der Waals surface area contributed by atoms with Crippen molar-refractivity contribution in [1.29, 1.82) is 0 Å². The lowest BCUT2D eigenvalue weighted by Gasteiger charge is -2.09. The van der Waals surface area contributed by atoms with E-state index in [1.54, 1.807) is 12.3 Å². The van der Waals surface area contributed by atoms with Gasteiger partial charge in [-0.25, -0.2) is 9.97 Å². The summed E-state index contributed by atoms with van der Waals surface area (Å²) in [6.45, 7) is 2.39. The zero-order valence-corrected chi connectivity index (χ0v) is 9.89. The van der Waals surface area contributed by atoms with Crippen molar-refractivity contribution in [2.75, 3.05) is 13.2 Å². The second kappa shape index (κ2) is 5.23. The zero-order chi connectivity index (χ0) is 12.3. The standard InChI is InChI=1S/C12H17N3O2/c1-8(7-16)6-14-12(17)10-4-5-13-11(15-10)9-2-3-9/h4-5,8-9,16H,2-3,6-7H2,1H3,(H,14,17). The molecule has 0 radical (unpaired) electrons. The Hall–Kier alpha value is -1.49. The minimum atomic E-state index is -0.199. The number of aliphatic hydroxyl groups excluding tert-OH is 1. The molecule has 0 bridgehead atoms. The molecule has 5 nitrogen and oxygen atoms in total. The number of carbonyl (C=O) groups excluding carboxylic acids is 1. The number of rotatable bonds is 5. The van der Waals surface area contributed by atoms with Gasteiger partial charge >= 0.3 is 0 Å². The Balaban J connectivity index is 1.96. The first-order valence-electron chi connectivity index (χ1n) is 5.92. The van der Waals surface area contributed by atoms with E-state index >= 15 is 0 Å². The van der Waals surface area contributed by atoms with Crippen LogP contribution in [0.1, 0.15) is 42.0 Å². The van der Waals surface area contributed by atoms with Gasteiger partial charge in [-0.2, -0.15) is 0 Å². The summed E-state index contributed by atoms with van der Waals surface area (Å²) in [4.78, 5) is 20.2. The fraction of sp³-hybridized carbons (Fsp3) is 0.583. The van der Waals surface area contributed by atoms with Gasteiger partial charge in [-0.05, 0) is 24.8 Å². The number of hydrogen-bond acceptors (Lipinski definition) is 4. The Bertz CT molecular complexity index is 404. The lowest BCUT2D eigenvalue weighted by atomic mass is 10.2. The summed E-state index contributed by atoms with van der Waals surface area (Å²) >= 11 is 0. The summed E-state index contributed by atoms with van der Waals surface area (Å²) in [5.41, 5.74) is 0.409. The highest BCUT2D eigenvalue weighted by atomic mass is 16.3. The van der Waals surface area contributed by atoms with E-state index in [-0.39, 0.29) is 18.4 Å². The molecular formula is C12H17N3O2. The van der Waals surface area contributed by atoms with E-state index in [0.717, 1.165) is 18.7 Å². The second-order valence-corrected chi connectivity index (χ2v) is 4.57. The maximum Gasteiger partial charge on any atom is 0.270 e. The lowest BCUT2D eigenvalue weighted by Crippen LogP contribution is -2.30. The summed E-state index contributed by atoms with van der Waals surface area (Å²) < 4.78 is 0. The molecule has 1 atom stereocenters. The molecule has 5 heteroatoms. The average molecular weight is 235 g/mol. The van der Waals surface area contributed by atoms with Crippen molar-refractivity contribution in [2.24, 2.45) is 5.92 Å². The van der Waals surface area contributed by atoms with Crippen LogP contribution in [0.4, 0.5) is 0 Å². The molecule has 0 aromatic carbocycles. The van der Waals surface area contributed by atoms with Crippen LogP contribution in [0.15, 0.2) is 12.3 Å². The smallest absolute Gasteiger partial charge is 0.270 e. The van der Waals surface area contributed by atoms with E-state index in [1.165, 1.54) is 0 Å². The molecule has 0 spiro atoms. The van der Waals surface area contributed by atoms with Gasteiger partial charge in [0.25, 0.3) is 5.91 Å².